The maximum absolute atomic E-state index is 12.0. The first-order valence-corrected chi connectivity index (χ1v) is 7.38. The number of benzene rings is 1. The lowest BCUT2D eigenvalue weighted by molar-refractivity contribution is -0.125. The summed E-state index contributed by atoms with van der Waals surface area (Å²) >= 11 is 12.3. The van der Waals surface area contributed by atoms with Crippen LogP contribution in [-0.4, -0.2) is 38.3 Å². The largest absolute Gasteiger partial charge is 0.378 e. The van der Waals surface area contributed by atoms with E-state index in [1.54, 1.807) is 12.1 Å². The summed E-state index contributed by atoms with van der Waals surface area (Å²) in [6, 6.07) is 5.13. The SMILES string of the molecule is C[C@H](CNC(=O)[C@H]1COCCN1)c1c(Cl)cccc1Cl. The molecule has 1 aromatic carbocycles. The van der Waals surface area contributed by atoms with E-state index in [-0.39, 0.29) is 17.9 Å². The van der Waals surface area contributed by atoms with Crippen LogP contribution in [0.3, 0.4) is 0 Å². The molecule has 4 nitrogen and oxygen atoms in total. The molecule has 0 aromatic heterocycles. The van der Waals surface area contributed by atoms with Crippen molar-refractivity contribution < 1.29 is 9.53 Å². The normalized spacial score (nSPS) is 20.4. The van der Waals surface area contributed by atoms with Gasteiger partial charge in [-0.05, 0) is 17.7 Å². The highest BCUT2D eigenvalue weighted by Crippen LogP contribution is 2.30. The van der Waals surface area contributed by atoms with Crippen LogP contribution in [0, 0.1) is 0 Å². The summed E-state index contributed by atoms with van der Waals surface area (Å²) in [5.74, 6) is -0.00983. The summed E-state index contributed by atoms with van der Waals surface area (Å²) in [7, 11) is 0. The van der Waals surface area contributed by atoms with Crippen molar-refractivity contribution in [1.82, 2.24) is 10.6 Å². The van der Waals surface area contributed by atoms with Crippen molar-refractivity contribution in [2.45, 2.75) is 18.9 Å². The Morgan fingerprint density at radius 2 is 2.20 bits per heavy atom. The predicted molar refractivity (Wildman–Crippen MR) is 80.5 cm³/mol. The van der Waals surface area contributed by atoms with E-state index in [0.717, 1.165) is 5.56 Å². The highest BCUT2D eigenvalue weighted by Gasteiger charge is 2.22. The van der Waals surface area contributed by atoms with Gasteiger partial charge in [-0.25, -0.2) is 0 Å². The van der Waals surface area contributed by atoms with Crippen molar-refractivity contribution >= 4 is 29.1 Å². The zero-order valence-electron chi connectivity index (χ0n) is 11.3. The van der Waals surface area contributed by atoms with Crippen LogP contribution in [0.4, 0.5) is 0 Å². The van der Waals surface area contributed by atoms with Crippen molar-refractivity contribution in [2.24, 2.45) is 0 Å². The third kappa shape index (κ3) is 3.85. The Morgan fingerprint density at radius 3 is 2.80 bits per heavy atom. The van der Waals surface area contributed by atoms with Crippen LogP contribution < -0.4 is 10.6 Å². The van der Waals surface area contributed by atoms with E-state index < -0.39 is 0 Å². The van der Waals surface area contributed by atoms with E-state index in [0.29, 0.717) is 36.3 Å². The zero-order valence-corrected chi connectivity index (χ0v) is 12.8. The number of nitrogens with one attached hydrogen (secondary N) is 2. The molecule has 1 heterocycles. The number of morpholine rings is 1. The van der Waals surface area contributed by atoms with Gasteiger partial charge < -0.3 is 15.4 Å². The smallest absolute Gasteiger partial charge is 0.239 e. The molecule has 1 fully saturated rings. The van der Waals surface area contributed by atoms with Crippen molar-refractivity contribution in [3.63, 3.8) is 0 Å². The van der Waals surface area contributed by atoms with Gasteiger partial charge in [-0.1, -0.05) is 36.2 Å². The molecule has 1 aromatic rings. The van der Waals surface area contributed by atoms with E-state index in [1.165, 1.54) is 0 Å². The molecule has 0 radical (unpaired) electrons. The second-order valence-electron chi connectivity index (χ2n) is 4.86. The molecule has 0 saturated carbocycles. The maximum Gasteiger partial charge on any atom is 0.239 e. The average molecular weight is 317 g/mol. The minimum Gasteiger partial charge on any atom is -0.378 e. The Kier molecular flexibility index (Phi) is 5.66. The summed E-state index contributed by atoms with van der Waals surface area (Å²) in [6.45, 7) is 4.23. The Labute approximate surface area is 128 Å². The topological polar surface area (TPSA) is 50.4 Å². The van der Waals surface area contributed by atoms with Crippen molar-refractivity contribution in [1.29, 1.82) is 0 Å². The number of amides is 1. The van der Waals surface area contributed by atoms with Crippen LogP contribution in [0.1, 0.15) is 18.4 Å². The van der Waals surface area contributed by atoms with Gasteiger partial charge >= 0.3 is 0 Å². The van der Waals surface area contributed by atoms with Crippen molar-refractivity contribution in [2.75, 3.05) is 26.3 Å². The second-order valence-corrected chi connectivity index (χ2v) is 5.68. The Balaban J connectivity index is 1.91. The first-order chi connectivity index (χ1) is 9.59. The van der Waals surface area contributed by atoms with Gasteiger partial charge in [-0.3, -0.25) is 4.79 Å². The van der Waals surface area contributed by atoms with E-state index in [1.807, 2.05) is 13.0 Å². The summed E-state index contributed by atoms with van der Waals surface area (Å²) in [5, 5.41) is 7.27. The number of rotatable bonds is 4. The molecular formula is C14H18Cl2N2O2. The Morgan fingerprint density at radius 1 is 1.50 bits per heavy atom. The lowest BCUT2D eigenvalue weighted by atomic mass is 10.0. The molecule has 1 saturated heterocycles. The molecule has 0 aliphatic carbocycles. The second kappa shape index (κ2) is 7.27. The molecule has 2 rings (SSSR count). The van der Waals surface area contributed by atoms with Crippen LogP contribution in [0.5, 0.6) is 0 Å². The van der Waals surface area contributed by atoms with E-state index in [9.17, 15) is 4.79 Å². The standard InChI is InChI=1S/C14H18Cl2N2O2/c1-9(13-10(15)3-2-4-11(13)16)7-18-14(19)12-8-20-6-5-17-12/h2-4,9,12,17H,5-8H2,1H3,(H,18,19)/t9-,12-/m1/s1. The van der Waals surface area contributed by atoms with Gasteiger partial charge in [-0.2, -0.15) is 0 Å². The molecule has 1 amide bonds. The van der Waals surface area contributed by atoms with Gasteiger partial charge in [0.25, 0.3) is 0 Å². The van der Waals surface area contributed by atoms with Gasteiger partial charge in [0.15, 0.2) is 0 Å². The minimum absolute atomic E-state index is 0.0460. The van der Waals surface area contributed by atoms with Gasteiger partial charge in [0.2, 0.25) is 5.91 Å². The van der Waals surface area contributed by atoms with E-state index >= 15 is 0 Å². The minimum atomic E-state index is -0.280. The fraction of sp³-hybridized carbons (Fsp3) is 0.500. The number of carbonyl (C=O) groups excluding carboxylic acids is 1. The molecule has 2 atom stereocenters. The quantitative estimate of drug-likeness (QED) is 0.895. The van der Waals surface area contributed by atoms with Gasteiger partial charge in [-0.15, -0.1) is 0 Å². The van der Waals surface area contributed by atoms with E-state index in [2.05, 4.69) is 10.6 Å². The van der Waals surface area contributed by atoms with Crippen LogP contribution in [0.25, 0.3) is 0 Å². The maximum atomic E-state index is 12.0. The first-order valence-electron chi connectivity index (χ1n) is 6.62. The van der Waals surface area contributed by atoms with Gasteiger partial charge in [0.1, 0.15) is 6.04 Å². The summed E-state index contributed by atoms with van der Waals surface area (Å²) < 4.78 is 5.27. The average Bonchev–Trinajstić information content (AvgIpc) is 2.45. The van der Waals surface area contributed by atoms with Gasteiger partial charge in [0.05, 0.1) is 13.2 Å². The highest BCUT2D eigenvalue weighted by atomic mass is 35.5. The summed E-state index contributed by atoms with van der Waals surface area (Å²) in [5.41, 5.74) is 0.865. The van der Waals surface area contributed by atoms with Crippen LogP contribution in [0.2, 0.25) is 10.0 Å². The monoisotopic (exact) mass is 316 g/mol. The molecule has 110 valence electrons. The molecule has 2 N–H and O–H groups in total. The fourth-order valence-corrected chi connectivity index (χ4v) is 2.96. The molecule has 0 bridgehead atoms. The molecule has 20 heavy (non-hydrogen) atoms. The summed E-state index contributed by atoms with van der Waals surface area (Å²) in [4.78, 5) is 12.0. The molecule has 0 unspecified atom stereocenters. The predicted octanol–water partition coefficient (Wildman–Crippen LogP) is 2.20. The van der Waals surface area contributed by atoms with Crippen molar-refractivity contribution in [3.8, 4) is 0 Å². The zero-order chi connectivity index (χ0) is 14.5. The fourth-order valence-electron chi connectivity index (χ4n) is 2.19. The number of hydrogen-bond donors (Lipinski definition) is 2. The Hall–Kier alpha value is -0.810. The van der Waals surface area contributed by atoms with Crippen molar-refractivity contribution in [3.05, 3.63) is 33.8 Å². The third-order valence-corrected chi connectivity index (χ3v) is 3.97. The van der Waals surface area contributed by atoms with Crippen LogP contribution in [0.15, 0.2) is 18.2 Å². The number of halogens is 2. The number of hydrogen-bond acceptors (Lipinski definition) is 3. The third-order valence-electron chi connectivity index (χ3n) is 3.31. The molecular weight excluding hydrogens is 299 g/mol. The lowest BCUT2D eigenvalue weighted by Crippen LogP contribution is -2.51. The highest BCUT2D eigenvalue weighted by molar-refractivity contribution is 6.36. The molecule has 6 heteroatoms. The number of ether oxygens (including phenoxy) is 1. The summed E-state index contributed by atoms with van der Waals surface area (Å²) in [6.07, 6.45) is 0. The molecule has 0 spiro atoms. The Bertz CT molecular complexity index is 456. The lowest BCUT2D eigenvalue weighted by Gasteiger charge is -2.24. The van der Waals surface area contributed by atoms with Gasteiger partial charge in [0, 0.05) is 29.1 Å². The molecule has 1 aliphatic rings. The van der Waals surface area contributed by atoms with Crippen LogP contribution in [-0.2, 0) is 9.53 Å². The molecule has 1 aliphatic heterocycles. The van der Waals surface area contributed by atoms with Crippen LogP contribution >= 0.6 is 23.2 Å². The number of carbonyl (C=O) groups is 1. The first kappa shape index (κ1) is 15.6. The van der Waals surface area contributed by atoms with E-state index in [4.69, 9.17) is 27.9 Å².